The number of nitrogen functional groups attached to an aromatic ring is 1. The number of anilines is 3. The second kappa shape index (κ2) is 7.31. The van der Waals surface area contributed by atoms with Crippen LogP contribution in [0.25, 0.3) is 10.8 Å². The first kappa shape index (κ1) is 17.4. The van der Waals surface area contributed by atoms with Gasteiger partial charge in [-0.3, -0.25) is 0 Å². The van der Waals surface area contributed by atoms with Crippen molar-refractivity contribution in [1.82, 2.24) is 9.97 Å². The highest BCUT2D eigenvalue weighted by Crippen LogP contribution is 2.34. The van der Waals surface area contributed by atoms with Crippen molar-refractivity contribution >= 4 is 51.2 Å². The van der Waals surface area contributed by atoms with Gasteiger partial charge in [0.05, 0.1) is 10.7 Å². The van der Waals surface area contributed by atoms with E-state index in [1.807, 2.05) is 42.5 Å². The Bertz CT molecular complexity index is 1130. The smallest absolute Gasteiger partial charge is 0.248 e. The average molecular weight is 397 g/mol. The largest absolute Gasteiger partial charge is 0.437 e. The Labute approximate surface area is 165 Å². The number of benzene rings is 3. The fraction of sp³-hybridized carbons (Fsp3) is 0. The van der Waals surface area contributed by atoms with Crippen LogP contribution in [0.4, 0.5) is 17.2 Å². The molecule has 7 heteroatoms. The molecule has 0 spiro atoms. The maximum Gasteiger partial charge on any atom is 0.248 e. The fourth-order valence-corrected chi connectivity index (χ4v) is 3.08. The van der Waals surface area contributed by atoms with Crippen LogP contribution in [0, 0.1) is 0 Å². The summed E-state index contributed by atoms with van der Waals surface area (Å²) in [5.41, 5.74) is 7.09. The lowest BCUT2D eigenvalue weighted by Crippen LogP contribution is -2.03. The van der Waals surface area contributed by atoms with Crippen molar-refractivity contribution in [2.75, 3.05) is 11.1 Å². The van der Waals surface area contributed by atoms with E-state index in [1.165, 1.54) is 6.33 Å². The molecule has 0 saturated heterocycles. The van der Waals surface area contributed by atoms with Gasteiger partial charge in [0.15, 0.2) is 5.82 Å². The third-order valence-electron chi connectivity index (χ3n) is 3.97. The third-order valence-corrected chi connectivity index (χ3v) is 4.51. The second-order valence-electron chi connectivity index (χ2n) is 5.80. The second-order valence-corrected chi connectivity index (χ2v) is 6.64. The molecule has 0 fully saturated rings. The highest BCUT2D eigenvalue weighted by Gasteiger charge is 2.12. The highest BCUT2D eigenvalue weighted by molar-refractivity contribution is 6.36. The van der Waals surface area contributed by atoms with Gasteiger partial charge in [0.25, 0.3) is 0 Å². The summed E-state index contributed by atoms with van der Waals surface area (Å²) in [7, 11) is 0. The number of halogens is 2. The molecule has 1 heterocycles. The minimum Gasteiger partial charge on any atom is -0.437 e. The Kier molecular flexibility index (Phi) is 4.71. The van der Waals surface area contributed by atoms with Gasteiger partial charge in [-0.2, -0.15) is 4.98 Å². The number of nitrogens with two attached hydrogens (primary N) is 1. The summed E-state index contributed by atoms with van der Waals surface area (Å²) in [5, 5.41) is 6.26. The van der Waals surface area contributed by atoms with E-state index in [-0.39, 0.29) is 11.6 Å². The van der Waals surface area contributed by atoms with Crippen molar-refractivity contribution in [3.8, 4) is 11.6 Å². The van der Waals surface area contributed by atoms with Gasteiger partial charge in [-0.15, -0.1) is 0 Å². The molecular weight excluding hydrogens is 383 g/mol. The molecular formula is C20H14Cl2N4O. The zero-order valence-electron chi connectivity index (χ0n) is 14.0. The number of fused-ring (bicyclic) bond motifs is 1. The van der Waals surface area contributed by atoms with Crippen LogP contribution < -0.4 is 15.8 Å². The van der Waals surface area contributed by atoms with Crippen molar-refractivity contribution in [3.63, 3.8) is 0 Å². The van der Waals surface area contributed by atoms with Gasteiger partial charge in [0.2, 0.25) is 5.88 Å². The Hall–Kier alpha value is -3.02. The molecule has 3 N–H and O–H groups in total. The number of aromatic nitrogens is 2. The molecule has 0 bridgehead atoms. The van der Waals surface area contributed by atoms with Crippen molar-refractivity contribution < 1.29 is 4.74 Å². The SMILES string of the molecule is Nc1c(Nc2ccc(Cl)cc2Cl)ncnc1Oc1ccc2ccccc2c1. The van der Waals surface area contributed by atoms with E-state index >= 15 is 0 Å². The maximum absolute atomic E-state index is 6.19. The molecule has 1 aromatic heterocycles. The molecule has 0 atom stereocenters. The molecule has 0 amide bonds. The first-order chi connectivity index (χ1) is 13.1. The van der Waals surface area contributed by atoms with E-state index in [9.17, 15) is 0 Å². The van der Waals surface area contributed by atoms with Crippen LogP contribution in [0.15, 0.2) is 67.0 Å². The molecule has 5 nitrogen and oxygen atoms in total. The van der Waals surface area contributed by atoms with E-state index < -0.39 is 0 Å². The van der Waals surface area contributed by atoms with Crippen LogP contribution in [0.3, 0.4) is 0 Å². The van der Waals surface area contributed by atoms with Gasteiger partial charge in [-0.25, -0.2) is 4.98 Å². The summed E-state index contributed by atoms with van der Waals surface area (Å²) in [4.78, 5) is 8.31. The van der Waals surface area contributed by atoms with Gasteiger partial charge < -0.3 is 15.8 Å². The summed E-state index contributed by atoms with van der Waals surface area (Å²) >= 11 is 12.1. The fourth-order valence-electron chi connectivity index (χ4n) is 2.62. The highest BCUT2D eigenvalue weighted by atomic mass is 35.5. The molecule has 4 rings (SSSR count). The summed E-state index contributed by atoms with van der Waals surface area (Å²) in [6, 6.07) is 18.9. The van der Waals surface area contributed by atoms with Gasteiger partial charge >= 0.3 is 0 Å². The average Bonchev–Trinajstić information content (AvgIpc) is 2.67. The number of rotatable bonds is 4. The zero-order chi connectivity index (χ0) is 18.8. The van der Waals surface area contributed by atoms with E-state index in [2.05, 4.69) is 15.3 Å². The van der Waals surface area contributed by atoms with Crippen molar-refractivity contribution in [3.05, 3.63) is 77.0 Å². The van der Waals surface area contributed by atoms with Crippen LogP contribution in [-0.4, -0.2) is 9.97 Å². The van der Waals surface area contributed by atoms with Gasteiger partial charge in [0, 0.05) is 5.02 Å². The quantitative estimate of drug-likeness (QED) is 0.438. The summed E-state index contributed by atoms with van der Waals surface area (Å²) in [6.07, 6.45) is 1.37. The van der Waals surface area contributed by atoms with Crippen LogP contribution in [0.2, 0.25) is 10.0 Å². The molecule has 3 aromatic carbocycles. The molecule has 0 aliphatic rings. The van der Waals surface area contributed by atoms with Gasteiger partial charge in [0.1, 0.15) is 17.8 Å². The summed E-state index contributed by atoms with van der Waals surface area (Å²) in [6.45, 7) is 0. The van der Waals surface area contributed by atoms with Crippen molar-refractivity contribution in [1.29, 1.82) is 0 Å². The van der Waals surface area contributed by atoms with Gasteiger partial charge in [-0.05, 0) is 41.1 Å². The van der Waals surface area contributed by atoms with E-state index in [1.54, 1.807) is 18.2 Å². The molecule has 0 radical (unpaired) electrons. The molecule has 0 saturated carbocycles. The van der Waals surface area contributed by atoms with E-state index in [0.29, 0.717) is 27.3 Å². The Morgan fingerprint density at radius 3 is 2.52 bits per heavy atom. The zero-order valence-corrected chi connectivity index (χ0v) is 15.5. The number of hydrogen-bond acceptors (Lipinski definition) is 5. The number of ether oxygens (including phenoxy) is 1. The first-order valence-corrected chi connectivity index (χ1v) is 8.85. The monoisotopic (exact) mass is 396 g/mol. The van der Waals surface area contributed by atoms with Crippen LogP contribution in [0.1, 0.15) is 0 Å². The summed E-state index contributed by atoms with van der Waals surface area (Å²) < 4.78 is 5.87. The van der Waals surface area contributed by atoms with Crippen molar-refractivity contribution in [2.24, 2.45) is 0 Å². The van der Waals surface area contributed by atoms with Gasteiger partial charge in [-0.1, -0.05) is 53.5 Å². The molecule has 27 heavy (non-hydrogen) atoms. The maximum atomic E-state index is 6.19. The molecule has 0 aliphatic carbocycles. The topological polar surface area (TPSA) is 73.1 Å². The van der Waals surface area contributed by atoms with Crippen molar-refractivity contribution in [2.45, 2.75) is 0 Å². The first-order valence-electron chi connectivity index (χ1n) is 8.09. The molecule has 134 valence electrons. The number of hydrogen-bond donors (Lipinski definition) is 2. The van der Waals surface area contributed by atoms with Crippen LogP contribution in [-0.2, 0) is 0 Å². The van der Waals surface area contributed by atoms with Crippen LogP contribution >= 0.6 is 23.2 Å². The third kappa shape index (κ3) is 3.74. The minimum absolute atomic E-state index is 0.257. The molecule has 4 aromatic rings. The number of nitrogens with one attached hydrogen (secondary N) is 1. The Morgan fingerprint density at radius 2 is 1.70 bits per heavy atom. The molecule has 0 unspecified atom stereocenters. The standard InChI is InChI=1S/C20H14Cl2N4O/c21-14-6-8-17(16(22)10-14)26-19-18(23)20(25-11-24-19)27-15-7-5-12-3-1-2-4-13(12)9-15/h1-11H,23H2,(H,24,25,26). The van der Waals surface area contributed by atoms with E-state index in [4.69, 9.17) is 33.7 Å². The lowest BCUT2D eigenvalue weighted by molar-refractivity contribution is 0.465. The minimum atomic E-state index is 0.257. The Morgan fingerprint density at radius 1 is 0.889 bits per heavy atom. The normalized spacial score (nSPS) is 10.7. The lowest BCUT2D eigenvalue weighted by atomic mass is 10.1. The Balaban J connectivity index is 1.62. The molecule has 0 aliphatic heterocycles. The lowest BCUT2D eigenvalue weighted by Gasteiger charge is -2.13. The predicted molar refractivity (Wildman–Crippen MR) is 110 cm³/mol. The predicted octanol–water partition coefficient (Wildman–Crippen LogP) is 6.05. The van der Waals surface area contributed by atoms with Crippen LogP contribution in [0.5, 0.6) is 11.6 Å². The number of nitrogens with zero attached hydrogens (tertiary/aromatic N) is 2. The van der Waals surface area contributed by atoms with E-state index in [0.717, 1.165) is 10.8 Å². The summed E-state index contributed by atoms with van der Waals surface area (Å²) in [5.74, 6) is 1.28.